The van der Waals surface area contributed by atoms with Crippen LogP contribution in [0, 0.1) is 5.92 Å². The Morgan fingerprint density at radius 3 is 2.29 bits per heavy atom. The van der Waals surface area contributed by atoms with Crippen molar-refractivity contribution in [3.63, 3.8) is 0 Å². The fourth-order valence-corrected chi connectivity index (χ4v) is 2.49. The lowest BCUT2D eigenvalue weighted by molar-refractivity contribution is -0.123. The molecule has 0 saturated heterocycles. The van der Waals surface area contributed by atoms with E-state index in [0.717, 1.165) is 19.4 Å². The zero-order chi connectivity index (χ0) is 13.1. The number of nitrogens with zero attached hydrogens (tertiary/aromatic N) is 1. The normalized spacial score (nSPS) is 20.9. The highest BCUT2D eigenvalue weighted by atomic mass is 16.2. The van der Waals surface area contributed by atoms with E-state index in [9.17, 15) is 4.79 Å². The Kier molecular flexibility index (Phi) is 4.95. The summed E-state index contributed by atoms with van der Waals surface area (Å²) >= 11 is 0. The van der Waals surface area contributed by atoms with E-state index in [1.165, 1.54) is 12.8 Å². The lowest BCUT2D eigenvalue weighted by atomic mass is 9.95. The summed E-state index contributed by atoms with van der Waals surface area (Å²) < 4.78 is 0. The van der Waals surface area contributed by atoms with Crippen LogP contribution in [-0.4, -0.2) is 43.0 Å². The molecule has 0 aromatic heterocycles. The van der Waals surface area contributed by atoms with Gasteiger partial charge < -0.3 is 16.0 Å². The minimum atomic E-state index is -0.393. The largest absolute Gasteiger partial charge is 0.353 e. The molecule has 0 spiro atoms. The van der Waals surface area contributed by atoms with Crippen molar-refractivity contribution in [3.05, 3.63) is 0 Å². The number of carbonyl (C=O) groups excluding carboxylic acids is 1. The van der Waals surface area contributed by atoms with E-state index in [0.29, 0.717) is 0 Å². The molecule has 17 heavy (non-hydrogen) atoms. The highest BCUT2D eigenvalue weighted by molar-refractivity contribution is 5.81. The highest BCUT2D eigenvalue weighted by Gasteiger charge is 2.36. The average molecular weight is 241 g/mol. The zero-order valence-electron chi connectivity index (χ0n) is 11.6. The van der Waals surface area contributed by atoms with Crippen LogP contribution in [0.2, 0.25) is 0 Å². The third-order valence-electron chi connectivity index (χ3n) is 4.10. The van der Waals surface area contributed by atoms with Crippen LogP contribution >= 0.6 is 0 Å². The molecule has 3 N–H and O–H groups in total. The molecule has 1 aliphatic carbocycles. The molecule has 1 aliphatic rings. The number of rotatable bonds is 5. The Labute approximate surface area is 105 Å². The van der Waals surface area contributed by atoms with E-state index in [4.69, 9.17) is 5.73 Å². The second-order valence-corrected chi connectivity index (χ2v) is 5.81. The van der Waals surface area contributed by atoms with E-state index in [1.54, 1.807) is 0 Å². The maximum absolute atomic E-state index is 11.9. The molecule has 0 bridgehead atoms. The molecule has 1 rings (SSSR count). The van der Waals surface area contributed by atoms with Gasteiger partial charge in [-0.2, -0.15) is 0 Å². The maximum Gasteiger partial charge on any atom is 0.237 e. The molecular weight excluding hydrogens is 214 g/mol. The predicted octanol–water partition coefficient (Wildman–Crippen LogP) is 0.960. The van der Waals surface area contributed by atoms with Gasteiger partial charge in [0.25, 0.3) is 0 Å². The Hall–Kier alpha value is -0.610. The molecule has 0 radical (unpaired) electrons. The van der Waals surface area contributed by atoms with Gasteiger partial charge in [-0.3, -0.25) is 4.79 Å². The second kappa shape index (κ2) is 5.83. The van der Waals surface area contributed by atoms with Gasteiger partial charge >= 0.3 is 0 Å². The van der Waals surface area contributed by atoms with E-state index in [2.05, 4.69) is 24.3 Å². The van der Waals surface area contributed by atoms with Crippen molar-refractivity contribution in [2.24, 2.45) is 11.7 Å². The summed E-state index contributed by atoms with van der Waals surface area (Å²) in [6, 6.07) is -0.393. The molecule has 4 heteroatoms. The summed E-state index contributed by atoms with van der Waals surface area (Å²) in [5, 5.41) is 3.02. The molecule has 1 atom stereocenters. The van der Waals surface area contributed by atoms with Crippen LogP contribution in [0.1, 0.15) is 39.5 Å². The molecular formula is C13H27N3O. The molecule has 0 aromatic carbocycles. The van der Waals surface area contributed by atoms with Crippen LogP contribution in [0.15, 0.2) is 0 Å². The van der Waals surface area contributed by atoms with Crippen LogP contribution in [0.25, 0.3) is 0 Å². The third-order valence-corrected chi connectivity index (χ3v) is 4.10. The molecule has 4 nitrogen and oxygen atoms in total. The summed E-state index contributed by atoms with van der Waals surface area (Å²) in [5.74, 6) is 0.169. The second-order valence-electron chi connectivity index (χ2n) is 5.81. The fraction of sp³-hybridized carbons (Fsp3) is 0.923. The first-order valence-corrected chi connectivity index (χ1v) is 6.60. The number of hydrogen-bond acceptors (Lipinski definition) is 3. The van der Waals surface area contributed by atoms with Crippen molar-refractivity contribution in [2.75, 3.05) is 20.6 Å². The average Bonchev–Trinajstić information content (AvgIpc) is 2.74. The zero-order valence-corrected chi connectivity index (χ0v) is 11.6. The van der Waals surface area contributed by atoms with Gasteiger partial charge in [-0.25, -0.2) is 0 Å². The molecule has 0 aromatic rings. The van der Waals surface area contributed by atoms with E-state index in [-0.39, 0.29) is 17.4 Å². The van der Waals surface area contributed by atoms with E-state index < -0.39 is 6.04 Å². The molecule has 100 valence electrons. The summed E-state index contributed by atoms with van der Waals surface area (Å²) in [4.78, 5) is 14.1. The first kappa shape index (κ1) is 14.5. The smallest absolute Gasteiger partial charge is 0.237 e. The SMILES string of the molecule is CC(C)[C@@H](N)C(=O)NCC1(N(C)C)CCCC1. The summed E-state index contributed by atoms with van der Waals surface area (Å²) in [7, 11) is 4.19. The molecule has 1 amide bonds. The predicted molar refractivity (Wildman–Crippen MR) is 70.7 cm³/mol. The Morgan fingerprint density at radius 1 is 1.35 bits per heavy atom. The van der Waals surface area contributed by atoms with Crippen molar-refractivity contribution < 1.29 is 4.79 Å². The van der Waals surface area contributed by atoms with Crippen molar-refractivity contribution in [1.82, 2.24) is 10.2 Å². The first-order valence-electron chi connectivity index (χ1n) is 6.60. The lowest BCUT2D eigenvalue weighted by Gasteiger charge is -2.36. The molecule has 0 heterocycles. The minimum Gasteiger partial charge on any atom is -0.353 e. The van der Waals surface area contributed by atoms with Crippen molar-refractivity contribution in [3.8, 4) is 0 Å². The van der Waals surface area contributed by atoms with Crippen LogP contribution in [0.4, 0.5) is 0 Å². The van der Waals surface area contributed by atoms with Gasteiger partial charge in [0.05, 0.1) is 6.04 Å². The van der Waals surface area contributed by atoms with Gasteiger partial charge in [-0.1, -0.05) is 26.7 Å². The third kappa shape index (κ3) is 3.42. The minimum absolute atomic E-state index is 0.0203. The van der Waals surface area contributed by atoms with E-state index >= 15 is 0 Å². The van der Waals surface area contributed by atoms with Crippen molar-refractivity contribution in [1.29, 1.82) is 0 Å². The number of carbonyl (C=O) groups is 1. The number of nitrogens with one attached hydrogen (secondary N) is 1. The summed E-state index contributed by atoms with van der Waals surface area (Å²) in [6.45, 7) is 4.67. The monoisotopic (exact) mass is 241 g/mol. The van der Waals surface area contributed by atoms with Crippen LogP contribution in [-0.2, 0) is 4.79 Å². The van der Waals surface area contributed by atoms with Gasteiger partial charge in [0, 0.05) is 12.1 Å². The number of hydrogen-bond donors (Lipinski definition) is 2. The van der Waals surface area contributed by atoms with Gasteiger partial charge in [0.15, 0.2) is 0 Å². The Bertz CT molecular complexity index is 257. The summed E-state index contributed by atoms with van der Waals surface area (Å²) in [6.07, 6.45) is 4.84. The number of likely N-dealkylation sites (N-methyl/N-ethyl adjacent to an activating group) is 1. The lowest BCUT2D eigenvalue weighted by Crippen LogP contribution is -2.54. The number of amides is 1. The molecule has 0 aliphatic heterocycles. The van der Waals surface area contributed by atoms with Gasteiger partial charge in [0.2, 0.25) is 5.91 Å². The maximum atomic E-state index is 11.9. The Morgan fingerprint density at radius 2 is 1.88 bits per heavy atom. The van der Waals surface area contributed by atoms with Crippen LogP contribution in [0.5, 0.6) is 0 Å². The molecule has 0 unspecified atom stereocenters. The molecule has 1 saturated carbocycles. The fourth-order valence-electron chi connectivity index (χ4n) is 2.49. The summed E-state index contributed by atoms with van der Waals surface area (Å²) in [5.41, 5.74) is 5.98. The molecule has 1 fully saturated rings. The topological polar surface area (TPSA) is 58.4 Å². The van der Waals surface area contributed by atoms with Crippen molar-refractivity contribution in [2.45, 2.75) is 51.1 Å². The van der Waals surface area contributed by atoms with E-state index in [1.807, 2.05) is 13.8 Å². The van der Waals surface area contributed by atoms with Crippen LogP contribution in [0.3, 0.4) is 0 Å². The standard InChI is InChI=1S/C13H27N3O/c1-10(2)11(14)12(17)15-9-13(16(3)4)7-5-6-8-13/h10-11H,5-9,14H2,1-4H3,(H,15,17)/t11-/m1/s1. The number of nitrogens with two attached hydrogens (primary N) is 1. The highest BCUT2D eigenvalue weighted by Crippen LogP contribution is 2.33. The first-order chi connectivity index (χ1) is 7.89. The van der Waals surface area contributed by atoms with Gasteiger partial charge in [-0.15, -0.1) is 0 Å². The quantitative estimate of drug-likeness (QED) is 0.754. The Balaban J connectivity index is 2.51. The van der Waals surface area contributed by atoms with Crippen molar-refractivity contribution >= 4 is 5.91 Å². The van der Waals surface area contributed by atoms with Crippen LogP contribution < -0.4 is 11.1 Å². The van der Waals surface area contributed by atoms with Gasteiger partial charge in [0.1, 0.15) is 0 Å². The van der Waals surface area contributed by atoms with Gasteiger partial charge in [-0.05, 0) is 32.9 Å².